The molecule has 0 saturated carbocycles. The standard InChI is InChI=1S/C11H14N2O3/c1-3-9-10(12)7-4-6(2)5-8(13(14)15)11(7)16-9/h4-5,9-10H,3,12H2,1-2H3. The molecule has 1 aromatic rings. The first-order chi connectivity index (χ1) is 7.54. The third kappa shape index (κ3) is 1.53. The van der Waals surface area contributed by atoms with Crippen LogP contribution in [0.1, 0.15) is 30.5 Å². The molecule has 5 heteroatoms. The molecule has 1 aliphatic rings. The zero-order valence-electron chi connectivity index (χ0n) is 9.27. The molecule has 0 bridgehead atoms. The second kappa shape index (κ2) is 3.75. The van der Waals surface area contributed by atoms with E-state index >= 15 is 0 Å². The number of nitro benzene ring substituents is 1. The van der Waals surface area contributed by atoms with Crippen LogP contribution in [-0.2, 0) is 0 Å². The number of hydrogen-bond donors (Lipinski definition) is 1. The molecule has 86 valence electrons. The van der Waals surface area contributed by atoms with E-state index in [9.17, 15) is 10.1 Å². The predicted octanol–water partition coefficient (Wildman–Crippen LogP) is 2.07. The van der Waals surface area contributed by atoms with Crippen LogP contribution in [0.15, 0.2) is 12.1 Å². The fourth-order valence-corrected chi connectivity index (χ4v) is 2.06. The van der Waals surface area contributed by atoms with Crippen molar-refractivity contribution in [2.45, 2.75) is 32.4 Å². The Labute approximate surface area is 93.4 Å². The number of rotatable bonds is 2. The molecule has 2 rings (SSSR count). The van der Waals surface area contributed by atoms with Crippen LogP contribution in [0.3, 0.4) is 0 Å². The van der Waals surface area contributed by atoms with Gasteiger partial charge in [0.2, 0.25) is 5.75 Å². The van der Waals surface area contributed by atoms with E-state index in [1.807, 2.05) is 19.9 Å². The van der Waals surface area contributed by atoms with Crippen LogP contribution < -0.4 is 10.5 Å². The van der Waals surface area contributed by atoms with E-state index in [2.05, 4.69) is 0 Å². The summed E-state index contributed by atoms with van der Waals surface area (Å²) in [5, 5.41) is 10.9. The summed E-state index contributed by atoms with van der Waals surface area (Å²) in [5.41, 5.74) is 7.59. The van der Waals surface area contributed by atoms with Crippen LogP contribution in [0.5, 0.6) is 5.75 Å². The minimum atomic E-state index is -0.420. The molecule has 1 aromatic carbocycles. The van der Waals surface area contributed by atoms with Gasteiger partial charge >= 0.3 is 5.69 Å². The zero-order chi connectivity index (χ0) is 11.9. The van der Waals surface area contributed by atoms with Gasteiger partial charge in [0.1, 0.15) is 6.10 Å². The maximum Gasteiger partial charge on any atom is 0.311 e. The molecule has 0 aliphatic carbocycles. The largest absolute Gasteiger partial charge is 0.481 e. The Kier molecular flexibility index (Phi) is 2.55. The highest BCUT2D eigenvalue weighted by Gasteiger charge is 2.35. The van der Waals surface area contributed by atoms with E-state index in [1.165, 1.54) is 6.07 Å². The summed E-state index contributed by atoms with van der Waals surface area (Å²) in [6.07, 6.45) is 0.585. The Morgan fingerprint density at radius 2 is 2.25 bits per heavy atom. The molecular formula is C11H14N2O3. The van der Waals surface area contributed by atoms with E-state index in [0.717, 1.165) is 17.5 Å². The molecule has 2 N–H and O–H groups in total. The summed E-state index contributed by atoms with van der Waals surface area (Å²) in [4.78, 5) is 10.5. The molecule has 0 saturated heterocycles. The van der Waals surface area contributed by atoms with E-state index in [1.54, 1.807) is 0 Å². The van der Waals surface area contributed by atoms with Crippen LogP contribution in [0.2, 0.25) is 0 Å². The number of nitrogens with two attached hydrogens (primary N) is 1. The zero-order valence-corrected chi connectivity index (χ0v) is 9.27. The maximum atomic E-state index is 10.9. The topological polar surface area (TPSA) is 78.4 Å². The minimum absolute atomic E-state index is 0.0152. The molecule has 0 amide bonds. The fraction of sp³-hybridized carbons (Fsp3) is 0.455. The molecule has 1 aliphatic heterocycles. The summed E-state index contributed by atoms with van der Waals surface area (Å²) in [7, 11) is 0. The summed E-state index contributed by atoms with van der Waals surface area (Å²) < 4.78 is 5.55. The van der Waals surface area contributed by atoms with E-state index in [-0.39, 0.29) is 17.8 Å². The summed E-state index contributed by atoms with van der Waals surface area (Å²) in [5.74, 6) is 0.343. The number of hydrogen-bond acceptors (Lipinski definition) is 4. The average Bonchev–Trinajstić information content (AvgIpc) is 2.55. The summed E-state index contributed by atoms with van der Waals surface area (Å²) in [6.45, 7) is 3.77. The van der Waals surface area contributed by atoms with E-state index in [0.29, 0.717) is 5.75 Å². The van der Waals surface area contributed by atoms with E-state index < -0.39 is 4.92 Å². The first-order valence-corrected chi connectivity index (χ1v) is 5.25. The lowest BCUT2D eigenvalue weighted by Gasteiger charge is -2.11. The van der Waals surface area contributed by atoms with Crippen molar-refractivity contribution in [1.82, 2.24) is 0 Å². The molecule has 0 spiro atoms. The van der Waals surface area contributed by atoms with Gasteiger partial charge in [0.15, 0.2) is 0 Å². The van der Waals surface area contributed by atoms with Crippen molar-refractivity contribution in [2.75, 3.05) is 0 Å². The Morgan fingerprint density at radius 1 is 1.56 bits per heavy atom. The van der Waals surface area contributed by atoms with Gasteiger partial charge in [-0.2, -0.15) is 0 Å². The number of nitrogens with zero attached hydrogens (tertiary/aromatic N) is 1. The monoisotopic (exact) mass is 222 g/mol. The van der Waals surface area contributed by atoms with Gasteiger partial charge in [-0.05, 0) is 18.9 Å². The van der Waals surface area contributed by atoms with Crippen LogP contribution in [-0.4, -0.2) is 11.0 Å². The molecule has 1 heterocycles. The van der Waals surface area contributed by atoms with E-state index in [4.69, 9.17) is 10.5 Å². The molecule has 0 aromatic heterocycles. The van der Waals surface area contributed by atoms with Gasteiger partial charge in [0.25, 0.3) is 0 Å². The Hall–Kier alpha value is -1.62. The van der Waals surface area contributed by atoms with Crippen LogP contribution in [0.25, 0.3) is 0 Å². The fourth-order valence-electron chi connectivity index (χ4n) is 2.06. The van der Waals surface area contributed by atoms with Crippen LogP contribution in [0.4, 0.5) is 5.69 Å². The molecule has 16 heavy (non-hydrogen) atoms. The lowest BCUT2D eigenvalue weighted by atomic mass is 10.0. The quantitative estimate of drug-likeness (QED) is 0.613. The Bertz CT molecular complexity index is 445. The predicted molar refractivity (Wildman–Crippen MR) is 59.5 cm³/mol. The van der Waals surface area contributed by atoms with Crippen molar-refractivity contribution >= 4 is 5.69 Å². The highest BCUT2D eigenvalue weighted by Crippen LogP contribution is 2.43. The maximum absolute atomic E-state index is 10.9. The third-order valence-electron chi connectivity index (χ3n) is 2.87. The molecular weight excluding hydrogens is 208 g/mol. The number of ether oxygens (including phenoxy) is 1. The molecule has 0 fully saturated rings. The van der Waals surface area contributed by atoms with Crippen molar-refractivity contribution in [1.29, 1.82) is 0 Å². The molecule has 0 radical (unpaired) electrons. The lowest BCUT2D eigenvalue weighted by Crippen LogP contribution is -2.24. The lowest BCUT2D eigenvalue weighted by molar-refractivity contribution is -0.385. The number of benzene rings is 1. The SMILES string of the molecule is CCC1Oc2c(cc(C)cc2[N+](=O)[O-])C1N. The average molecular weight is 222 g/mol. The van der Waals surface area contributed by atoms with Gasteiger partial charge in [0.05, 0.1) is 11.0 Å². The van der Waals surface area contributed by atoms with Crippen molar-refractivity contribution in [3.63, 3.8) is 0 Å². The van der Waals surface area contributed by atoms with Crippen LogP contribution in [0, 0.1) is 17.0 Å². The van der Waals surface area contributed by atoms with Gasteiger partial charge in [0, 0.05) is 11.6 Å². The first-order valence-electron chi connectivity index (χ1n) is 5.25. The summed E-state index contributed by atoms with van der Waals surface area (Å²) >= 11 is 0. The Balaban J connectivity index is 2.55. The minimum Gasteiger partial charge on any atom is -0.481 e. The molecule has 5 nitrogen and oxygen atoms in total. The molecule has 2 unspecified atom stereocenters. The third-order valence-corrected chi connectivity index (χ3v) is 2.87. The first kappa shape index (κ1) is 10.9. The smallest absolute Gasteiger partial charge is 0.311 e. The van der Waals surface area contributed by atoms with Crippen molar-refractivity contribution in [2.24, 2.45) is 5.73 Å². The van der Waals surface area contributed by atoms with Crippen molar-refractivity contribution in [3.05, 3.63) is 33.4 Å². The van der Waals surface area contributed by atoms with Gasteiger partial charge in [-0.3, -0.25) is 10.1 Å². The number of aryl methyl sites for hydroxylation is 1. The van der Waals surface area contributed by atoms with Gasteiger partial charge in [-0.1, -0.05) is 13.0 Å². The highest BCUT2D eigenvalue weighted by atomic mass is 16.6. The van der Waals surface area contributed by atoms with Gasteiger partial charge in [-0.15, -0.1) is 0 Å². The normalized spacial score (nSPS) is 22.7. The highest BCUT2D eigenvalue weighted by molar-refractivity contribution is 5.57. The summed E-state index contributed by atoms with van der Waals surface area (Å²) in [6, 6.07) is 3.12. The van der Waals surface area contributed by atoms with Crippen molar-refractivity contribution in [3.8, 4) is 5.75 Å². The number of fused-ring (bicyclic) bond motifs is 1. The second-order valence-corrected chi connectivity index (χ2v) is 4.05. The second-order valence-electron chi connectivity index (χ2n) is 4.05. The van der Waals surface area contributed by atoms with Crippen LogP contribution >= 0.6 is 0 Å². The number of nitro groups is 1. The van der Waals surface area contributed by atoms with Gasteiger partial charge < -0.3 is 10.5 Å². The molecule has 2 atom stereocenters. The van der Waals surface area contributed by atoms with Gasteiger partial charge in [-0.25, -0.2) is 0 Å². The Morgan fingerprint density at radius 3 is 2.81 bits per heavy atom. The van der Waals surface area contributed by atoms with Crippen molar-refractivity contribution < 1.29 is 9.66 Å².